The van der Waals surface area contributed by atoms with Crippen molar-refractivity contribution in [3.63, 3.8) is 0 Å². The summed E-state index contributed by atoms with van der Waals surface area (Å²) >= 11 is 0. The predicted octanol–water partition coefficient (Wildman–Crippen LogP) is 3.44. The molecule has 28 heavy (non-hydrogen) atoms. The minimum Gasteiger partial charge on any atom is -0.496 e. The second-order valence-electron chi connectivity index (χ2n) is 6.09. The van der Waals surface area contributed by atoms with Crippen LogP contribution in [0.1, 0.15) is 16.7 Å². The fraction of sp³-hybridized carbons (Fsp3) is 0.182. The summed E-state index contributed by atoms with van der Waals surface area (Å²) in [5.41, 5.74) is 4.04. The number of rotatable bonds is 6. The first-order chi connectivity index (χ1) is 13.5. The van der Waals surface area contributed by atoms with Gasteiger partial charge in [0, 0.05) is 37.3 Å². The van der Waals surface area contributed by atoms with Crippen LogP contribution >= 0.6 is 0 Å². The van der Waals surface area contributed by atoms with Gasteiger partial charge in [-0.05, 0) is 17.2 Å². The molecule has 0 bridgehead atoms. The molecule has 0 amide bonds. The molecule has 3 rings (SSSR count). The number of fused-ring (bicyclic) bond motifs is 1. The van der Waals surface area contributed by atoms with Crippen LogP contribution in [0.2, 0.25) is 0 Å². The molecular formula is C22H23NO5. The van der Waals surface area contributed by atoms with Crippen LogP contribution in [0.4, 0.5) is 0 Å². The van der Waals surface area contributed by atoms with Gasteiger partial charge in [-0.25, -0.2) is 9.59 Å². The van der Waals surface area contributed by atoms with E-state index in [0.717, 1.165) is 30.9 Å². The Morgan fingerprint density at radius 1 is 0.964 bits per heavy atom. The molecule has 0 spiro atoms. The maximum Gasteiger partial charge on any atom is 0.328 e. The summed E-state index contributed by atoms with van der Waals surface area (Å²) in [6.45, 7) is 3.06. The van der Waals surface area contributed by atoms with Crippen LogP contribution in [0.3, 0.4) is 0 Å². The van der Waals surface area contributed by atoms with E-state index in [-0.39, 0.29) is 0 Å². The summed E-state index contributed by atoms with van der Waals surface area (Å²) in [4.78, 5) is 21.5. The Labute approximate surface area is 164 Å². The highest BCUT2D eigenvalue weighted by Crippen LogP contribution is 2.22. The van der Waals surface area contributed by atoms with Gasteiger partial charge in [0.25, 0.3) is 0 Å². The second kappa shape index (κ2) is 10.7. The molecule has 1 heterocycles. The molecule has 1 aliphatic rings. The second-order valence-corrected chi connectivity index (χ2v) is 6.09. The lowest BCUT2D eigenvalue weighted by Gasteiger charge is -2.11. The molecule has 0 unspecified atom stereocenters. The molecule has 2 aromatic rings. The average molecular weight is 381 g/mol. The molecule has 1 aliphatic heterocycles. The van der Waals surface area contributed by atoms with Gasteiger partial charge in [0.2, 0.25) is 0 Å². The van der Waals surface area contributed by atoms with Crippen LogP contribution in [-0.2, 0) is 22.7 Å². The average Bonchev–Trinajstić information content (AvgIpc) is 3.10. The third-order valence-electron chi connectivity index (χ3n) is 4.07. The SMILES string of the molecule is COc1ccccc1/C=C/CN1Cc2ccccc2C1.O=C(O)/C=C\C(=O)O. The van der Waals surface area contributed by atoms with E-state index in [4.69, 9.17) is 14.9 Å². The normalized spacial score (nSPS) is 13.2. The van der Waals surface area contributed by atoms with Crippen molar-refractivity contribution in [2.45, 2.75) is 13.1 Å². The molecule has 6 heteroatoms. The largest absolute Gasteiger partial charge is 0.496 e. The van der Waals surface area contributed by atoms with Gasteiger partial charge in [-0.1, -0.05) is 54.6 Å². The van der Waals surface area contributed by atoms with Gasteiger partial charge < -0.3 is 14.9 Å². The molecule has 0 aliphatic carbocycles. The first-order valence-corrected chi connectivity index (χ1v) is 8.72. The van der Waals surface area contributed by atoms with E-state index < -0.39 is 11.9 Å². The zero-order valence-electron chi connectivity index (χ0n) is 15.6. The molecule has 0 aromatic heterocycles. The Balaban J connectivity index is 0.000000300. The summed E-state index contributed by atoms with van der Waals surface area (Å²) in [6.07, 6.45) is 5.47. The predicted molar refractivity (Wildman–Crippen MR) is 107 cm³/mol. The third-order valence-corrected chi connectivity index (χ3v) is 4.07. The van der Waals surface area contributed by atoms with Crippen molar-refractivity contribution >= 4 is 18.0 Å². The van der Waals surface area contributed by atoms with Gasteiger partial charge >= 0.3 is 11.9 Å². The van der Waals surface area contributed by atoms with Crippen LogP contribution in [-0.4, -0.2) is 40.7 Å². The monoisotopic (exact) mass is 381 g/mol. The molecular weight excluding hydrogens is 358 g/mol. The Morgan fingerprint density at radius 2 is 1.50 bits per heavy atom. The van der Waals surface area contributed by atoms with Gasteiger partial charge in [0.05, 0.1) is 7.11 Å². The van der Waals surface area contributed by atoms with Crippen LogP contribution < -0.4 is 4.74 Å². The van der Waals surface area contributed by atoms with E-state index in [2.05, 4.69) is 47.4 Å². The quantitative estimate of drug-likeness (QED) is 0.746. The number of carboxylic acid groups (broad SMARTS) is 2. The molecule has 0 saturated carbocycles. The maximum atomic E-state index is 9.55. The molecule has 0 fully saturated rings. The van der Waals surface area contributed by atoms with Gasteiger partial charge in [0.1, 0.15) is 5.75 Å². The molecule has 0 saturated heterocycles. The number of methoxy groups -OCH3 is 1. The minimum atomic E-state index is -1.26. The zero-order chi connectivity index (χ0) is 20.4. The van der Waals surface area contributed by atoms with E-state index in [1.54, 1.807) is 7.11 Å². The van der Waals surface area contributed by atoms with Gasteiger partial charge in [-0.15, -0.1) is 0 Å². The van der Waals surface area contributed by atoms with E-state index in [0.29, 0.717) is 12.2 Å². The Morgan fingerprint density at radius 3 is 2.04 bits per heavy atom. The highest BCUT2D eigenvalue weighted by molar-refractivity contribution is 5.89. The van der Waals surface area contributed by atoms with E-state index in [1.165, 1.54) is 11.1 Å². The van der Waals surface area contributed by atoms with E-state index in [1.807, 2.05) is 18.2 Å². The number of ether oxygens (including phenoxy) is 1. The lowest BCUT2D eigenvalue weighted by atomic mass is 10.1. The summed E-state index contributed by atoms with van der Waals surface area (Å²) in [5, 5.41) is 15.6. The topological polar surface area (TPSA) is 87.1 Å². The number of carboxylic acids is 2. The fourth-order valence-electron chi connectivity index (χ4n) is 2.81. The Bertz CT molecular complexity index is 832. The summed E-state index contributed by atoms with van der Waals surface area (Å²) < 4.78 is 5.35. The Kier molecular flexibility index (Phi) is 7.99. The summed E-state index contributed by atoms with van der Waals surface area (Å²) in [7, 11) is 1.71. The minimum absolute atomic E-state index is 0.558. The van der Waals surface area contributed by atoms with Crippen molar-refractivity contribution in [2.24, 2.45) is 0 Å². The van der Waals surface area contributed by atoms with E-state index >= 15 is 0 Å². The number of benzene rings is 2. The van der Waals surface area contributed by atoms with Crippen molar-refractivity contribution < 1.29 is 24.5 Å². The zero-order valence-corrected chi connectivity index (χ0v) is 15.6. The van der Waals surface area contributed by atoms with Crippen molar-refractivity contribution in [1.82, 2.24) is 4.90 Å². The van der Waals surface area contributed by atoms with Crippen molar-refractivity contribution in [1.29, 1.82) is 0 Å². The van der Waals surface area contributed by atoms with Gasteiger partial charge in [0.15, 0.2) is 0 Å². The number of hydrogen-bond donors (Lipinski definition) is 2. The molecule has 0 atom stereocenters. The van der Waals surface area contributed by atoms with Crippen LogP contribution in [0.5, 0.6) is 5.75 Å². The third kappa shape index (κ3) is 6.74. The lowest BCUT2D eigenvalue weighted by Crippen LogP contribution is -2.15. The summed E-state index contributed by atoms with van der Waals surface area (Å²) in [5.74, 6) is -1.59. The van der Waals surface area contributed by atoms with Crippen molar-refractivity contribution in [3.05, 3.63) is 83.4 Å². The molecule has 2 aromatic carbocycles. The number of para-hydroxylation sites is 1. The number of nitrogens with zero attached hydrogens (tertiary/aromatic N) is 1. The highest BCUT2D eigenvalue weighted by Gasteiger charge is 2.16. The number of carbonyl (C=O) groups is 2. The van der Waals surface area contributed by atoms with Gasteiger partial charge in [-0.2, -0.15) is 0 Å². The number of hydrogen-bond acceptors (Lipinski definition) is 4. The van der Waals surface area contributed by atoms with E-state index in [9.17, 15) is 9.59 Å². The van der Waals surface area contributed by atoms with Crippen LogP contribution in [0.15, 0.2) is 66.8 Å². The molecule has 146 valence electrons. The maximum absolute atomic E-state index is 9.55. The lowest BCUT2D eigenvalue weighted by molar-refractivity contribution is -0.134. The molecule has 6 nitrogen and oxygen atoms in total. The number of aliphatic carboxylic acids is 2. The van der Waals surface area contributed by atoms with Gasteiger partial charge in [-0.3, -0.25) is 4.90 Å². The smallest absolute Gasteiger partial charge is 0.328 e. The van der Waals surface area contributed by atoms with Crippen molar-refractivity contribution in [2.75, 3.05) is 13.7 Å². The summed E-state index contributed by atoms with van der Waals surface area (Å²) in [6, 6.07) is 16.8. The van der Waals surface area contributed by atoms with Crippen molar-refractivity contribution in [3.8, 4) is 5.75 Å². The van der Waals surface area contributed by atoms with Crippen LogP contribution in [0, 0.1) is 0 Å². The molecule has 0 radical (unpaired) electrons. The highest BCUT2D eigenvalue weighted by atomic mass is 16.5. The first kappa shape index (κ1) is 20.9. The standard InChI is InChI=1S/C18H19NO.C4H4O4/c1-20-18-11-5-4-7-15(18)10-6-12-19-13-16-8-2-3-9-17(16)14-19;5-3(6)1-2-4(7)8/h2-11H,12-14H2,1H3;1-2H,(H,5,6)(H,7,8)/b10-6+;2-1-. The fourth-order valence-corrected chi connectivity index (χ4v) is 2.81. The van der Waals surface area contributed by atoms with Crippen LogP contribution in [0.25, 0.3) is 6.08 Å². The Hall–Kier alpha value is -3.38. The molecule has 2 N–H and O–H groups in total. The first-order valence-electron chi connectivity index (χ1n) is 8.72.